The number of aromatic nitrogens is 2. The number of hydrogen-bond acceptors (Lipinski definition) is 4. The highest BCUT2D eigenvalue weighted by Gasteiger charge is 2.29. The number of carbonyl (C=O) groups excluding carboxylic acids is 2. The molecule has 0 aromatic carbocycles. The maximum absolute atomic E-state index is 12.1. The van der Waals surface area contributed by atoms with Gasteiger partial charge in [-0.1, -0.05) is 0 Å². The van der Waals surface area contributed by atoms with Gasteiger partial charge < -0.3 is 15.0 Å². The SMILES string of the molecule is CC(C)n1nc(C2CCN(C(=O)OC(C)(C)C)CC2)cc1NC=O. The molecular weight excluding hydrogens is 308 g/mol. The average Bonchev–Trinajstić information content (AvgIpc) is 2.90. The minimum Gasteiger partial charge on any atom is -0.444 e. The second kappa shape index (κ2) is 7.23. The zero-order valence-corrected chi connectivity index (χ0v) is 15.2. The first-order valence-electron chi connectivity index (χ1n) is 8.49. The molecule has 0 saturated carbocycles. The Morgan fingerprint density at radius 2 is 2.00 bits per heavy atom. The lowest BCUT2D eigenvalue weighted by atomic mass is 9.94. The largest absolute Gasteiger partial charge is 0.444 e. The van der Waals surface area contributed by atoms with E-state index in [2.05, 4.69) is 10.4 Å². The smallest absolute Gasteiger partial charge is 0.410 e. The van der Waals surface area contributed by atoms with Gasteiger partial charge in [-0.3, -0.25) is 4.79 Å². The van der Waals surface area contributed by atoms with Crippen LogP contribution in [0.25, 0.3) is 0 Å². The van der Waals surface area contributed by atoms with E-state index in [-0.39, 0.29) is 18.1 Å². The minimum atomic E-state index is -0.473. The van der Waals surface area contributed by atoms with Gasteiger partial charge >= 0.3 is 6.09 Å². The quantitative estimate of drug-likeness (QED) is 0.857. The van der Waals surface area contributed by atoms with Crippen molar-refractivity contribution in [2.24, 2.45) is 0 Å². The fourth-order valence-corrected chi connectivity index (χ4v) is 2.86. The molecule has 2 heterocycles. The van der Waals surface area contributed by atoms with E-state index < -0.39 is 5.60 Å². The Labute approximate surface area is 143 Å². The Kier molecular flexibility index (Phi) is 5.51. The summed E-state index contributed by atoms with van der Waals surface area (Å²) in [7, 11) is 0. The van der Waals surface area contributed by atoms with Gasteiger partial charge in [0.1, 0.15) is 11.4 Å². The molecule has 134 valence electrons. The summed E-state index contributed by atoms with van der Waals surface area (Å²) in [6.07, 6.45) is 2.10. The molecule has 24 heavy (non-hydrogen) atoms. The molecule has 1 aromatic heterocycles. The van der Waals surface area contributed by atoms with E-state index in [1.807, 2.05) is 45.4 Å². The third kappa shape index (κ3) is 4.49. The van der Waals surface area contributed by atoms with Gasteiger partial charge in [-0.05, 0) is 47.5 Å². The lowest BCUT2D eigenvalue weighted by molar-refractivity contribution is -0.105. The third-order valence-electron chi connectivity index (χ3n) is 4.02. The van der Waals surface area contributed by atoms with Crippen molar-refractivity contribution in [3.63, 3.8) is 0 Å². The molecule has 1 aliphatic rings. The monoisotopic (exact) mass is 336 g/mol. The zero-order chi connectivity index (χ0) is 17.9. The van der Waals surface area contributed by atoms with E-state index in [1.165, 1.54) is 0 Å². The fourth-order valence-electron chi connectivity index (χ4n) is 2.86. The standard InChI is InChI=1S/C17H28N4O3/c1-12(2)21-15(18-11-22)10-14(19-21)13-6-8-20(9-7-13)16(23)24-17(3,4)5/h10-13H,6-9H2,1-5H3,(H,18,22). The van der Waals surface area contributed by atoms with E-state index >= 15 is 0 Å². The Bertz CT molecular complexity index is 581. The van der Waals surface area contributed by atoms with Gasteiger partial charge in [-0.2, -0.15) is 5.10 Å². The number of piperidine rings is 1. The summed E-state index contributed by atoms with van der Waals surface area (Å²) in [5.74, 6) is 1.00. The van der Waals surface area contributed by atoms with E-state index in [1.54, 1.807) is 4.90 Å². The molecule has 1 N–H and O–H groups in total. The van der Waals surface area contributed by atoms with Crippen molar-refractivity contribution in [3.05, 3.63) is 11.8 Å². The molecule has 7 heteroatoms. The lowest BCUT2D eigenvalue weighted by Crippen LogP contribution is -2.41. The molecule has 7 nitrogen and oxygen atoms in total. The number of likely N-dealkylation sites (tertiary alicyclic amines) is 1. The summed E-state index contributed by atoms with van der Waals surface area (Å²) in [6, 6.07) is 2.10. The van der Waals surface area contributed by atoms with Crippen LogP contribution in [-0.4, -0.2) is 45.9 Å². The molecule has 1 fully saturated rings. The summed E-state index contributed by atoms with van der Waals surface area (Å²) >= 11 is 0. The van der Waals surface area contributed by atoms with Gasteiger partial charge in [0.05, 0.1) is 5.69 Å². The van der Waals surface area contributed by atoms with E-state index in [0.717, 1.165) is 18.5 Å². The Morgan fingerprint density at radius 1 is 1.38 bits per heavy atom. The number of nitrogens with one attached hydrogen (secondary N) is 1. The van der Waals surface area contributed by atoms with Crippen LogP contribution in [0.4, 0.5) is 10.6 Å². The topological polar surface area (TPSA) is 76.5 Å². The van der Waals surface area contributed by atoms with Crippen LogP contribution in [-0.2, 0) is 9.53 Å². The van der Waals surface area contributed by atoms with Gasteiger partial charge in [0, 0.05) is 31.1 Å². The molecule has 1 aliphatic heterocycles. The zero-order valence-electron chi connectivity index (χ0n) is 15.2. The first kappa shape index (κ1) is 18.3. The number of rotatable bonds is 4. The van der Waals surface area contributed by atoms with E-state index in [0.29, 0.717) is 25.3 Å². The number of amides is 2. The first-order valence-corrected chi connectivity index (χ1v) is 8.49. The van der Waals surface area contributed by atoms with Crippen molar-refractivity contribution in [3.8, 4) is 0 Å². The number of anilines is 1. The number of hydrogen-bond donors (Lipinski definition) is 1. The molecule has 0 spiro atoms. The summed E-state index contributed by atoms with van der Waals surface area (Å²) in [5, 5.41) is 7.35. The molecule has 1 saturated heterocycles. The molecule has 1 aromatic rings. The summed E-state index contributed by atoms with van der Waals surface area (Å²) in [4.78, 5) is 24.6. The van der Waals surface area contributed by atoms with Crippen LogP contribution in [0.3, 0.4) is 0 Å². The van der Waals surface area contributed by atoms with Crippen molar-refractivity contribution < 1.29 is 14.3 Å². The van der Waals surface area contributed by atoms with Crippen LogP contribution >= 0.6 is 0 Å². The molecule has 0 bridgehead atoms. The lowest BCUT2D eigenvalue weighted by Gasteiger charge is -2.32. The van der Waals surface area contributed by atoms with Crippen molar-refractivity contribution in [1.29, 1.82) is 0 Å². The Hall–Kier alpha value is -2.05. The first-order chi connectivity index (χ1) is 11.2. The van der Waals surface area contributed by atoms with Gasteiger partial charge in [0.25, 0.3) is 0 Å². The second-order valence-corrected chi connectivity index (χ2v) is 7.50. The van der Waals surface area contributed by atoms with Crippen molar-refractivity contribution in [1.82, 2.24) is 14.7 Å². The van der Waals surface area contributed by atoms with Crippen LogP contribution in [0.1, 0.15) is 65.1 Å². The normalized spacial score (nSPS) is 16.3. The maximum atomic E-state index is 12.1. The molecule has 0 radical (unpaired) electrons. The molecular formula is C17H28N4O3. The van der Waals surface area contributed by atoms with Crippen molar-refractivity contribution >= 4 is 18.3 Å². The summed E-state index contributed by atoms with van der Waals surface area (Å²) < 4.78 is 7.25. The highest BCUT2D eigenvalue weighted by atomic mass is 16.6. The second-order valence-electron chi connectivity index (χ2n) is 7.50. The highest BCUT2D eigenvalue weighted by molar-refractivity contribution is 5.69. The maximum Gasteiger partial charge on any atom is 0.410 e. The minimum absolute atomic E-state index is 0.169. The fraction of sp³-hybridized carbons (Fsp3) is 0.706. The van der Waals surface area contributed by atoms with Gasteiger partial charge in [0.2, 0.25) is 6.41 Å². The van der Waals surface area contributed by atoms with Crippen LogP contribution in [0, 0.1) is 0 Å². The van der Waals surface area contributed by atoms with Crippen LogP contribution in [0.15, 0.2) is 6.07 Å². The Morgan fingerprint density at radius 3 is 2.50 bits per heavy atom. The predicted molar refractivity (Wildman–Crippen MR) is 92.1 cm³/mol. The molecule has 0 unspecified atom stereocenters. The van der Waals surface area contributed by atoms with Gasteiger partial charge in [-0.15, -0.1) is 0 Å². The van der Waals surface area contributed by atoms with E-state index in [9.17, 15) is 9.59 Å². The number of carbonyl (C=O) groups is 2. The van der Waals surface area contributed by atoms with Crippen LogP contribution in [0.5, 0.6) is 0 Å². The van der Waals surface area contributed by atoms with Crippen LogP contribution < -0.4 is 5.32 Å². The van der Waals surface area contributed by atoms with Crippen molar-refractivity contribution in [2.45, 2.75) is 65.0 Å². The third-order valence-corrected chi connectivity index (χ3v) is 4.02. The molecule has 2 rings (SSSR count). The number of ether oxygens (including phenoxy) is 1. The molecule has 0 atom stereocenters. The summed E-state index contributed by atoms with van der Waals surface area (Å²) in [6.45, 7) is 11.0. The average molecular weight is 336 g/mol. The number of nitrogens with zero attached hydrogens (tertiary/aromatic N) is 3. The summed E-state index contributed by atoms with van der Waals surface area (Å²) in [5.41, 5.74) is 0.496. The molecule has 0 aliphatic carbocycles. The Balaban J connectivity index is 2.00. The van der Waals surface area contributed by atoms with Crippen LogP contribution in [0.2, 0.25) is 0 Å². The predicted octanol–water partition coefficient (Wildman–Crippen LogP) is 3.15. The molecule has 2 amide bonds. The van der Waals surface area contributed by atoms with Gasteiger partial charge in [-0.25, -0.2) is 9.48 Å². The highest BCUT2D eigenvalue weighted by Crippen LogP contribution is 2.30. The van der Waals surface area contributed by atoms with E-state index in [4.69, 9.17) is 4.74 Å². The van der Waals surface area contributed by atoms with Gasteiger partial charge in [0.15, 0.2) is 0 Å². The van der Waals surface area contributed by atoms with Crippen molar-refractivity contribution in [2.75, 3.05) is 18.4 Å².